The highest BCUT2D eigenvalue weighted by Gasteiger charge is 2.50. The Morgan fingerprint density at radius 3 is 2.50 bits per heavy atom. The van der Waals surface area contributed by atoms with E-state index in [1.165, 1.54) is 0 Å². The predicted octanol–water partition coefficient (Wildman–Crippen LogP) is 3.75. The van der Waals surface area contributed by atoms with Gasteiger partial charge in [0, 0.05) is 10.0 Å². The normalized spacial score (nSPS) is 28.6. The van der Waals surface area contributed by atoms with Gasteiger partial charge in [0.15, 0.2) is 0 Å². The quantitative estimate of drug-likeness (QED) is 0.878. The minimum atomic E-state index is -0.804. The fraction of sp³-hybridized carbons (Fsp3) is 0.417. The van der Waals surface area contributed by atoms with Crippen LogP contribution in [-0.2, 0) is 10.2 Å². The number of carboxylic acid groups (broad SMARTS) is 1. The minimum Gasteiger partial charge on any atom is -0.481 e. The third kappa shape index (κ3) is 1.70. The van der Waals surface area contributed by atoms with Gasteiger partial charge < -0.3 is 5.11 Å². The molecule has 0 saturated heterocycles. The van der Waals surface area contributed by atoms with Crippen molar-refractivity contribution in [1.82, 2.24) is 0 Å². The third-order valence-corrected chi connectivity index (χ3v) is 3.80. The van der Waals surface area contributed by atoms with Gasteiger partial charge in [0.2, 0.25) is 0 Å². The number of hydrogen-bond acceptors (Lipinski definition) is 1. The molecule has 0 bridgehead atoms. The molecule has 0 unspecified atom stereocenters. The molecule has 1 aliphatic rings. The maximum atomic E-state index is 11.4. The summed E-state index contributed by atoms with van der Waals surface area (Å²) >= 11 is 11.9. The topological polar surface area (TPSA) is 37.3 Å². The molecule has 2 nitrogen and oxygen atoms in total. The first-order chi connectivity index (χ1) is 7.45. The van der Waals surface area contributed by atoms with Crippen molar-refractivity contribution in [3.63, 3.8) is 0 Å². The van der Waals surface area contributed by atoms with Gasteiger partial charge in [-0.3, -0.25) is 4.79 Å². The Morgan fingerprint density at radius 1 is 1.44 bits per heavy atom. The fourth-order valence-electron chi connectivity index (χ4n) is 2.52. The van der Waals surface area contributed by atoms with Crippen molar-refractivity contribution in [3.05, 3.63) is 33.8 Å². The maximum absolute atomic E-state index is 11.4. The molecule has 1 N–H and O–H groups in total. The van der Waals surface area contributed by atoms with Crippen molar-refractivity contribution < 1.29 is 9.90 Å². The number of carboxylic acids is 1. The maximum Gasteiger partial charge on any atom is 0.314 e. The van der Waals surface area contributed by atoms with Gasteiger partial charge in [-0.2, -0.15) is 0 Å². The van der Waals surface area contributed by atoms with Crippen molar-refractivity contribution in [3.8, 4) is 0 Å². The van der Waals surface area contributed by atoms with E-state index in [2.05, 4.69) is 0 Å². The van der Waals surface area contributed by atoms with E-state index >= 15 is 0 Å². The molecule has 0 aromatic heterocycles. The highest BCUT2D eigenvalue weighted by molar-refractivity contribution is 6.35. The lowest BCUT2D eigenvalue weighted by Crippen LogP contribution is -2.47. The van der Waals surface area contributed by atoms with E-state index in [1.807, 2.05) is 6.92 Å². The van der Waals surface area contributed by atoms with Gasteiger partial charge in [-0.15, -0.1) is 0 Å². The molecule has 0 aliphatic heterocycles. The van der Waals surface area contributed by atoms with Crippen molar-refractivity contribution in [2.75, 3.05) is 0 Å². The first-order valence-corrected chi connectivity index (χ1v) is 5.90. The van der Waals surface area contributed by atoms with Crippen LogP contribution in [-0.4, -0.2) is 11.1 Å². The van der Waals surface area contributed by atoms with Gasteiger partial charge in [-0.1, -0.05) is 36.2 Å². The summed E-state index contributed by atoms with van der Waals surface area (Å²) in [7, 11) is 0. The number of rotatable bonds is 2. The highest BCUT2D eigenvalue weighted by atomic mass is 35.5. The molecule has 1 aliphatic carbocycles. The lowest BCUT2D eigenvalue weighted by atomic mass is 9.59. The zero-order valence-corrected chi connectivity index (χ0v) is 10.3. The molecule has 0 spiro atoms. The highest BCUT2D eigenvalue weighted by Crippen LogP contribution is 2.50. The van der Waals surface area contributed by atoms with Crippen LogP contribution in [0.2, 0.25) is 10.0 Å². The number of carbonyl (C=O) groups is 1. The lowest BCUT2D eigenvalue weighted by molar-refractivity contribution is -0.149. The van der Waals surface area contributed by atoms with Crippen LogP contribution in [0.4, 0.5) is 0 Å². The molecule has 1 fully saturated rings. The predicted molar refractivity (Wildman–Crippen MR) is 64.2 cm³/mol. The van der Waals surface area contributed by atoms with E-state index in [1.54, 1.807) is 18.2 Å². The summed E-state index contributed by atoms with van der Waals surface area (Å²) in [5.41, 5.74) is -0.120. The average Bonchev–Trinajstić information content (AvgIpc) is 2.12. The van der Waals surface area contributed by atoms with E-state index in [4.69, 9.17) is 23.2 Å². The molecule has 0 heterocycles. The summed E-state index contributed by atoms with van der Waals surface area (Å²) in [6.07, 6.45) is 1.29. The molecule has 0 radical (unpaired) electrons. The Labute approximate surface area is 104 Å². The van der Waals surface area contributed by atoms with Crippen molar-refractivity contribution in [2.24, 2.45) is 5.92 Å². The van der Waals surface area contributed by atoms with E-state index in [-0.39, 0.29) is 0 Å². The van der Waals surface area contributed by atoms with E-state index in [0.717, 1.165) is 0 Å². The largest absolute Gasteiger partial charge is 0.481 e. The second-order valence-electron chi connectivity index (χ2n) is 4.52. The number of aliphatic carboxylic acids is 1. The Kier molecular flexibility index (Phi) is 2.89. The smallest absolute Gasteiger partial charge is 0.314 e. The molecule has 4 heteroatoms. The Hall–Kier alpha value is -0.730. The Morgan fingerprint density at radius 2 is 2.06 bits per heavy atom. The summed E-state index contributed by atoms with van der Waals surface area (Å²) < 4.78 is 0. The van der Waals surface area contributed by atoms with Crippen molar-refractivity contribution in [1.29, 1.82) is 0 Å². The molecule has 2 rings (SSSR count). The second kappa shape index (κ2) is 3.94. The van der Waals surface area contributed by atoms with E-state index in [0.29, 0.717) is 34.4 Å². The first kappa shape index (κ1) is 11.7. The molecule has 0 atom stereocenters. The third-order valence-electron chi connectivity index (χ3n) is 3.25. The van der Waals surface area contributed by atoms with Crippen LogP contribution in [0.15, 0.2) is 18.2 Å². The molecule has 86 valence electrons. The SMILES string of the molecule is CC1CC(C(=O)O)(c2ccc(Cl)cc2Cl)C1. The molecule has 1 aromatic rings. The zero-order chi connectivity index (χ0) is 11.9. The minimum absolute atomic E-state index is 0.433. The first-order valence-electron chi connectivity index (χ1n) is 5.14. The van der Waals surface area contributed by atoms with Crippen LogP contribution in [0.5, 0.6) is 0 Å². The molecular formula is C12H12Cl2O2. The van der Waals surface area contributed by atoms with Crippen molar-refractivity contribution >= 4 is 29.2 Å². The lowest BCUT2D eigenvalue weighted by Gasteiger charge is -2.43. The Bertz CT molecular complexity index is 437. The van der Waals surface area contributed by atoms with Gasteiger partial charge >= 0.3 is 5.97 Å². The molecule has 1 aromatic carbocycles. The summed E-state index contributed by atoms with van der Waals surface area (Å²) in [6, 6.07) is 5.02. The van der Waals surface area contributed by atoms with Crippen LogP contribution in [0.1, 0.15) is 25.3 Å². The van der Waals surface area contributed by atoms with Gasteiger partial charge in [-0.05, 0) is 36.5 Å². The van der Waals surface area contributed by atoms with Crippen LogP contribution in [0.3, 0.4) is 0 Å². The fourth-order valence-corrected chi connectivity index (χ4v) is 3.11. The molecule has 1 saturated carbocycles. The van der Waals surface area contributed by atoms with Crippen LogP contribution >= 0.6 is 23.2 Å². The van der Waals surface area contributed by atoms with Gasteiger partial charge in [0.05, 0.1) is 5.41 Å². The van der Waals surface area contributed by atoms with Crippen molar-refractivity contribution in [2.45, 2.75) is 25.2 Å². The van der Waals surface area contributed by atoms with E-state index in [9.17, 15) is 9.90 Å². The second-order valence-corrected chi connectivity index (χ2v) is 5.37. The molecule has 16 heavy (non-hydrogen) atoms. The van der Waals surface area contributed by atoms with Crippen LogP contribution < -0.4 is 0 Å². The number of benzene rings is 1. The zero-order valence-electron chi connectivity index (χ0n) is 8.84. The monoisotopic (exact) mass is 258 g/mol. The number of hydrogen-bond donors (Lipinski definition) is 1. The standard InChI is InChI=1S/C12H12Cl2O2/c1-7-5-12(6-7,11(15)16)9-3-2-8(13)4-10(9)14/h2-4,7H,5-6H2,1H3,(H,15,16). The molecule has 0 amide bonds. The van der Waals surface area contributed by atoms with E-state index < -0.39 is 11.4 Å². The summed E-state index contributed by atoms with van der Waals surface area (Å²) in [5.74, 6) is -0.363. The van der Waals surface area contributed by atoms with Crippen LogP contribution in [0.25, 0.3) is 0 Å². The summed E-state index contributed by atoms with van der Waals surface area (Å²) in [4.78, 5) is 11.4. The van der Waals surface area contributed by atoms with Gasteiger partial charge in [0.25, 0.3) is 0 Å². The van der Waals surface area contributed by atoms with Crippen LogP contribution in [0, 0.1) is 5.92 Å². The van der Waals surface area contributed by atoms with Gasteiger partial charge in [0.1, 0.15) is 0 Å². The molecular weight excluding hydrogens is 247 g/mol. The Balaban J connectivity index is 2.45. The summed E-state index contributed by atoms with van der Waals surface area (Å²) in [6.45, 7) is 2.05. The summed E-state index contributed by atoms with van der Waals surface area (Å²) in [5, 5.41) is 10.3. The number of halogens is 2. The average molecular weight is 259 g/mol. The van der Waals surface area contributed by atoms with Gasteiger partial charge in [-0.25, -0.2) is 0 Å².